The lowest BCUT2D eigenvalue weighted by molar-refractivity contribution is -0.122. The van der Waals surface area contributed by atoms with Crippen LogP contribution in [0.5, 0.6) is 0 Å². The third-order valence-corrected chi connectivity index (χ3v) is 3.58. The van der Waals surface area contributed by atoms with Crippen LogP contribution in [0.2, 0.25) is 0 Å². The molecule has 0 aliphatic rings. The van der Waals surface area contributed by atoms with E-state index in [1.165, 1.54) is 0 Å². The molecule has 0 aliphatic carbocycles. The zero-order valence-corrected chi connectivity index (χ0v) is 13.8. The second-order valence-corrected chi connectivity index (χ2v) is 5.51. The number of carbonyl (C=O) groups is 2. The van der Waals surface area contributed by atoms with Gasteiger partial charge in [0.15, 0.2) is 0 Å². The van der Waals surface area contributed by atoms with Gasteiger partial charge in [0.1, 0.15) is 6.04 Å². The van der Waals surface area contributed by atoms with E-state index in [1.807, 2.05) is 18.2 Å². The highest BCUT2D eigenvalue weighted by atomic mass is 16.2. The van der Waals surface area contributed by atoms with Gasteiger partial charge in [-0.15, -0.1) is 0 Å². The zero-order valence-electron chi connectivity index (χ0n) is 13.8. The minimum absolute atomic E-state index is 0.272. The predicted octanol–water partition coefficient (Wildman–Crippen LogP) is 1.84. The first-order valence-corrected chi connectivity index (χ1v) is 8.10. The predicted molar refractivity (Wildman–Crippen MR) is 93.5 cm³/mol. The normalized spacial score (nSPS) is 11.2. The van der Waals surface area contributed by atoms with E-state index in [4.69, 9.17) is 5.26 Å². The molecule has 0 aliphatic heterocycles. The van der Waals surface area contributed by atoms with E-state index in [0.29, 0.717) is 31.4 Å². The van der Waals surface area contributed by atoms with Crippen LogP contribution in [0.3, 0.4) is 0 Å². The summed E-state index contributed by atoms with van der Waals surface area (Å²) < 4.78 is 0. The lowest BCUT2D eigenvalue weighted by Gasteiger charge is -2.18. The van der Waals surface area contributed by atoms with E-state index in [-0.39, 0.29) is 11.8 Å². The Morgan fingerprint density at radius 3 is 2.64 bits per heavy atom. The largest absolute Gasteiger partial charge is 0.354 e. The molecule has 25 heavy (non-hydrogen) atoms. The van der Waals surface area contributed by atoms with E-state index < -0.39 is 6.04 Å². The van der Waals surface area contributed by atoms with Gasteiger partial charge in [0.25, 0.3) is 5.91 Å². The number of nitrogens with one attached hydrogen (secondary N) is 2. The number of hydrogen-bond acceptors (Lipinski definition) is 4. The fourth-order valence-electron chi connectivity index (χ4n) is 2.30. The Morgan fingerprint density at radius 1 is 1.16 bits per heavy atom. The molecule has 128 valence electrons. The topological polar surface area (TPSA) is 94.9 Å². The fraction of sp³-hybridized carbons (Fsp3) is 0.263. The Morgan fingerprint density at radius 2 is 1.96 bits per heavy atom. The van der Waals surface area contributed by atoms with Gasteiger partial charge < -0.3 is 10.6 Å². The lowest BCUT2D eigenvalue weighted by Crippen LogP contribution is -2.48. The summed E-state index contributed by atoms with van der Waals surface area (Å²) in [6.45, 7) is 0.400. The summed E-state index contributed by atoms with van der Waals surface area (Å²) in [5, 5.41) is 14.1. The van der Waals surface area contributed by atoms with Crippen molar-refractivity contribution in [2.75, 3.05) is 6.54 Å². The first-order chi connectivity index (χ1) is 12.2. The zero-order chi connectivity index (χ0) is 17.9. The van der Waals surface area contributed by atoms with Gasteiger partial charge in [0, 0.05) is 37.3 Å². The fourth-order valence-corrected chi connectivity index (χ4v) is 2.30. The highest BCUT2D eigenvalue weighted by molar-refractivity contribution is 5.97. The molecule has 0 radical (unpaired) electrons. The van der Waals surface area contributed by atoms with Crippen LogP contribution in [-0.4, -0.2) is 29.4 Å². The minimum atomic E-state index is -0.709. The molecule has 6 heteroatoms. The van der Waals surface area contributed by atoms with E-state index in [2.05, 4.69) is 15.6 Å². The molecule has 0 saturated heterocycles. The maximum Gasteiger partial charge on any atom is 0.251 e. The number of aromatic nitrogens is 1. The Hall–Kier alpha value is -3.20. The number of benzene rings is 1. The van der Waals surface area contributed by atoms with E-state index in [9.17, 15) is 9.59 Å². The molecule has 1 heterocycles. The molecule has 1 aromatic carbocycles. The van der Waals surface area contributed by atoms with Gasteiger partial charge >= 0.3 is 0 Å². The Balaban J connectivity index is 2.04. The van der Waals surface area contributed by atoms with Gasteiger partial charge in [0.05, 0.1) is 6.07 Å². The maximum atomic E-state index is 12.4. The third kappa shape index (κ3) is 6.07. The number of amides is 2. The van der Waals surface area contributed by atoms with E-state index in [1.54, 1.807) is 42.7 Å². The van der Waals surface area contributed by atoms with Crippen molar-refractivity contribution in [3.63, 3.8) is 0 Å². The molecular formula is C19H20N4O2. The number of carbonyl (C=O) groups excluding carboxylic acids is 2. The molecule has 0 fully saturated rings. The van der Waals surface area contributed by atoms with Crippen LogP contribution < -0.4 is 10.6 Å². The molecule has 2 N–H and O–H groups in total. The summed E-state index contributed by atoms with van der Waals surface area (Å²) in [5.74, 6) is -0.576. The Kier molecular flexibility index (Phi) is 7.13. The minimum Gasteiger partial charge on any atom is -0.354 e. The summed E-state index contributed by atoms with van der Waals surface area (Å²) in [4.78, 5) is 28.9. The molecular weight excluding hydrogens is 316 g/mol. The van der Waals surface area contributed by atoms with Crippen molar-refractivity contribution in [3.05, 3.63) is 66.0 Å². The number of pyridine rings is 1. The van der Waals surface area contributed by atoms with Crippen molar-refractivity contribution in [1.29, 1.82) is 5.26 Å². The number of rotatable bonds is 8. The van der Waals surface area contributed by atoms with Crippen molar-refractivity contribution in [1.82, 2.24) is 15.6 Å². The molecule has 2 amide bonds. The van der Waals surface area contributed by atoms with Crippen LogP contribution in [-0.2, 0) is 11.2 Å². The first kappa shape index (κ1) is 18.1. The van der Waals surface area contributed by atoms with Crippen molar-refractivity contribution in [3.8, 4) is 6.07 Å². The standard InChI is InChI=1S/C19H20N4O2/c20-10-4-5-12-22-19(25)17(13-15-7-6-11-21-14-15)23-18(24)16-8-2-1-3-9-16/h1-3,6-9,11,14,17H,4-5,12-13H2,(H,22,25)(H,23,24). The second-order valence-electron chi connectivity index (χ2n) is 5.51. The number of nitrogens with zero attached hydrogens (tertiary/aromatic N) is 2. The molecule has 0 bridgehead atoms. The maximum absolute atomic E-state index is 12.4. The average molecular weight is 336 g/mol. The summed E-state index contributed by atoms with van der Waals surface area (Å²) in [5.41, 5.74) is 1.35. The van der Waals surface area contributed by atoms with Crippen molar-refractivity contribution in [2.45, 2.75) is 25.3 Å². The van der Waals surface area contributed by atoms with Crippen molar-refractivity contribution < 1.29 is 9.59 Å². The quantitative estimate of drug-likeness (QED) is 0.719. The monoisotopic (exact) mass is 336 g/mol. The van der Waals surface area contributed by atoms with Crippen molar-refractivity contribution in [2.24, 2.45) is 0 Å². The van der Waals surface area contributed by atoms with Gasteiger partial charge in [-0.25, -0.2) is 0 Å². The Labute approximate surface area is 146 Å². The third-order valence-electron chi connectivity index (χ3n) is 3.58. The molecule has 2 rings (SSSR count). The van der Waals surface area contributed by atoms with Crippen LogP contribution in [0.25, 0.3) is 0 Å². The highest BCUT2D eigenvalue weighted by Gasteiger charge is 2.21. The molecule has 1 atom stereocenters. The molecule has 6 nitrogen and oxygen atoms in total. The molecule has 1 unspecified atom stereocenters. The van der Waals surface area contributed by atoms with Crippen LogP contribution in [0.15, 0.2) is 54.9 Å². The molecule has 0 saturated carbocycles. The number of nitriles is 1. The van der Waals surface area contributed by atoms with Crippen LogP contribution in [0.1, 0.15) is 28.8 Å². The van der Waals surface area contributed by atoms with Crippen molar-refractivity contribution >= 4 is 11.8 Å². The number of hydrogen-bond donors (Lipinski definition) is 2. The average Bonchev–Trinajstić information content (AvgIpc) is 2.66. The van der Waals surface area contributed by atoms with Crippen LogP contribution >= 0.6 is 0 Å². The molecule has 2 aromatic rings. The van der Waals surface area contributed by atoms with Gasteiger partial charge in [-0.2, -0.15) is 5.26 Å². The lowest BCUT2D eigenvalue weighted by atomic mass is 10.1. The van der Waals surface area contributed by atoms with E-state index >= 15 is 0 Å². The Bertz CT molecular complexity index is 726. The van der Waals surface area contributed by atoms with Crippen LogP contribution in [0.4, 0.5) is 0 Å². The van der Waals surface area contributed by atoms with Gasteiger partial charge in [0.2, 0.25) is 5.91 Å². The second kappa shape index (κ2) is 9.83. The van der Waals surface area contributed by atoms with Gasteiger partial charge in [-0.3, -0.25) is 14.6 Å². The van der Waals surface area contributed by atoms with Crippen LogP contribution in [0, 0.1) is 11.3 Å². The summed E-state index contributed by atoms with van der Waals surface area (Å²) in [7, 11) is 0. The first-order valence-electron chi connectivity index (χ1n) is 8.10. The van der Waals surface area contributed by atoms with E-state index in [0.717, 1.165) is 5.56 Å². The number of unbranched alkanes of at least 4 members (excludes halogenated alkanes) is 1. The molecule has 0 spiro atoms. The molecule has 1 aromatic heterocycles. The summed E-state index contributed by atoms with van der Waals surface area (Å²) in [6, 6.07) is 13.7. The summed E-state index contributed by atoms with van der Waals surface area (Å²) in [6.07, 6.45) is 4.63. The van der Waals surface area contributed by atoms with Gasteiger partial charge in [-0.05, 0) is 30.2 Å². The highest BCUT2D eigenvalue weighted by Crippen LogP contribution is 2.05. The smallest absolute Gasteiger partial charge is 0.251 e. The van der Waals surface area contributed by atoms with Gasteiger partial charge in [-0.1, -0.05) is 24.3 Å². The SMILES string of the molecule is N#CCCCNC(=O)C(Cc1cccnc1)NC(=O)c1ccccc1. The summed E-state index contributed by atoms with van der Waals surface area (Å²) >= 11 is 0.